The van der Waals surface area contributed by atoms with E-state index in [0.29, 0.717) is 19.5 Å². The van der Waals surface area contributed by atoms with Crippen molar-refractivity contribution in [3.05, 3.63) is 45.1 Å². The van der Waals surface area contributed by atoms with Crippen molar-refractivity contribution >= 4 is 23.3 Å². The zero-order chi connectivity index (χ0) is 20.3. The molecule has 0 radical (unpaired) electrons. The number of carbonyl (C=O) groups is 1. The summed E-state index contributed by atoms with van der Waals surface area (Å²) in [5.41, 5.74) is -1.19. The summed E-state index contributed by atoms with van der Waals surface area (Å²) in [6, 6.07) is 2.49. The summed E-state index contributed by atoms with van der Waals surface area (Å²) in [6.07, 6.45) is -1.40. The first-order valence-corrected chi connectivity index (χ1v) is 9.21. The van der Waals surface area contributed by atoms with Crippen molar-refractivity contribution in [3.63, 3.8) is 0 Å². The number of aryl methyl sites for hydroxylation is 2. The third-order valence-corrected chi connectivity index (χ3v) is 4.72. The zero-order valence-electron chi connectivity index (χ0n) is 14.9. The quantitative estimate of drug-likeness (QED) is 0.733. The average molecular weight is 418 g/mol. The minimum atomic E-state index is -4.61. The van der Waals surface area contributed by atoms with Crippen LogP contribution in [0.25, 0.3) is 0 Å². The molecule has 0 fully saturated rings. The summed E-state index contributed by atoms with van der Waals surface area (Å²) in [4.78, 5) is 24.1. The van der Waals surface area contributed by atoms with Gasteiger partial charge in [-0.15, -0.1) is 0 Å². The number of fused-ring (bicyclic) bond motifs is 1. The van der Waals surface area contributed by atoms with E-state index in [1.165, 1.54) is 10.7 Å². The molecule has 0 aliphatic carbocycles. The summed E-state index contributed by atoms with van der Waals surface area (Å²) in [7, 11) is 0. The Labute approximate surface area is 163 Å². The number of nitrogens with zero attached hydrogens (tertiary/aromatic N) is 3. The number of rotatable bonds is 5. The number of amides is 2. The Bertz CT molecular complexity index is 922. The van der Waals surface area contributed by atoms with E-state index < -0.39 is 22.8 Å². The topological polar surface area (TPSA) is 81.0 Å². The lowest BCUT2D eigenvalue weighted by Gasteiger charge is -2.12. The van der Waals surface area contributed by atoms with Gasteiger partial charge in [-0.3, -0.25) is 4.57 Å². The minimum Gasteiger partial charge on any atom is -0.338 e. The molecule has 7 nitrogen and oxygen atoms in total. The number of nitrogens with one attached hydrogen (secondary N) is 2. The Balaban J connectivity index is 1.49. The molecule has 2 aromatic rings. The highest BCUT2D eigenvalue weighted by Gasteiger charge is 2.33. The lowest BCUT2D eigenvalue weighted by molar-refractivity contribution is -0.137. The molecule has 0 atom stereocenters. The number of carbonyl (C=O) groups excluding carboxylic acids is 1. The van der Waals surface area contributed by atoms with Gasteiger partial charge in [-0.1, -0.05) is 11.6 Å². The van der Waals surface area contributed by atoms with E-state index in [1.807, 2.05) is 0 Å². The number of aromatic nitrogens is 3. The number of benzene rings is 1. The smallest absolute Gasteiger partial charge is 0.338 e. The first-order valence-electron chi connectivity index (χ1n) is 8.84. The molecule has 0 unspecified atom stereocenters. The largest absolute Gasteiger partial charge is 0.417 e. The number of hydrogen-bond donors (Lipinski definition) is 2. The van der Waals surface area contributed by atoms with Gasteiger partial charge < -0.3 is 10.6 Å². The first-order chi connectivity index (χ1) is 13.3. The lowest BCUT2D eigenvalue weighted by atomic mass is 10.2. The lowest BCUT2D eigenvalue weighted by Crippen LogP contribution is -2.31. The summed E-state index contributed by atoms with van der Waals surface area (Å²) in [6.45, 7) is 1.26. The van der Waals surface area contributed by atoms with Gasteiger partial charge in [0.05, 0.1) is 10.6 Å². The van der Waals surface area contributed by atoms with Crippen molar-refractivity contribution in [1.82, 2.24) is 19.7 Å². The maximum atomic E-state index is 12.8. The maximum absolute atomic E-state index is 12.8. The zero-order valence-corrected chi connectivity index (χ0v) is 15.6. The summed E-state index contributed by atoms with van der Waals surface area (Å²) >= 11 is 5.54. The summed E-state index contributed by atoms with van der Waals surface area (Å²) < 4.78 is 41.6. The van der Waals surface area contributed by atoms with Crippen LogP contribution in [0.15, 0.2) is 23.0 Å². The molecular formula is C17H19ClF3N5O2. The Kier molecular flexibility index (Phi) is 5.97. The number of halogens is 4. The second kappa shape index (κ2) is 8.26. The second-order valence-corrected chi connectivity index (χ2v) is 6.86. The number of hydrogen-bond acceptors (Lipinski definition) is 3. The van der Waals surface area contributed by atoms with Gasteiger partial charge >= 0.3 is 17.9 Å². The molecule has 2 N–H and O–H groups in total. The van der Waals surface area contributed by atoms with Crippen LogP contribution in [-0.2, 0) is 25.7 Å². The molecule has 2 heterocycles. The van der Waals surface area contributed by atoms with Crippen molar-refractivity contribution in [2.24, 2.45) is 0 Å². The van der Waals surface area contributed by atoms with Gasteiger partial charge in [0.25, 0.3) is 0 Å². The minimum absolute atomic E-state index is 0.0211. The molecule has 1 aliphatic heterocycles. The van der Waals surface area contributed by atoms with E-state index >= 15 is 0 Å². The van der Waals surface area contributed by atoms with Crippen molar-refractivity contribution < 1.29 is 18.0 Å². The van der Waals surface area contributed by atoms with Crippen molar-refractivity contribution in [3.8, 4) is 0 Å². The number of urea groups is 1. The van der Waals surface area contributed by atoms with Gasteiger partial charge in [-0.25, -0.2) is 14.3 Å². The first kappa shape index (κ1) is 20.2. The van der Waals surface area contributed by atoms with Crippen molar-refractivity contribution in [2.75, 3.05) is 11.9 Å². The Hall–Kier alpha value is -2.49. The standard InChI is InChI=1S/C17H19ClF3N5O2/c18-13-6-5-11(10-12(13)17(19,20)21)23-15(27)22-7-3-9-26-16(28)25-8-2-1-4-14(25)24-26/h5-6,10H,1-4,7-9H2,(H2,22,23,27). The summed E-state index contributed by atoms with van der Waals surface area (Å²) in [5.74, 6) is 0.783. The van der Waals surface area contributed by atoms with Gasteiger partial charge in [0.1, 0.15) is 5.82 Å². The van der Waals surface area contributed by atoms with Crippen LogP contribution in [0.5, 0.6) is 0 Å². The van der Waals surface area contributed by atoms with E-state index in [0.717, 1.165) is 37.2 Å². The molecule has 0 spiro atoms. The number of anilines is 1. The van der Waals surface area contributed by atoms with Gasteiger partial charge in [0.2, 0.25) is 0 Å². The highest BCUT2D eigenvalue weighted by Crippen LogP contribution is 2.36. The fraction of sp³-hybridized carbons (Fsp3) is 0.471. The monoisotopic (exact) mass is 417 g/mol. The molecule has 3 rings (SSSR count). The third-order valence-electron chi connectivity index (χ3n) is 4.39. The van der Waals surface area contributed by atoms with Crippen LogP contribution < -0.4 is 16.3 Å². The van der Waals surface area contributed by atoms with E-state index in [9.17, 15) is 22.8 Å². The van der Waals surface area contributed by atoms with Crippen LogP contribution >= 0.6 is 11.6 Å². The Morgan fingerprint density at radius 3 is 2.79 bits per heavy atom. The third kappa shape index (κ3) is 4.67. The van der Waals surface area contributed by atoms with Gasteiger partial charge in [0, 0.05) is 31.7 Å². The Morgan fingerprint density at radius 1 is 1.29 bits per heavy atom. The fourth-order valence-corrected chi connectivity index (χ4v) is 3.25. The average Bonchev–Trinajstić information content (AvgIpc) is 2.96. The van der Waals surface area contributed by atoms with Gasteiger partial charge in [0.15, 0.2) is 0 Å². The van der Waals surface area contributed by atoms with Crippen LogP contribution in [0.3, 0.4) is 0 Å². The van der Waals surface area contributed by atoms with E-state index in [-0.39, 0.29) is 17.9 Å². The van der Waals surface area contributed by atoms with Crippen LogP contribution in [0.2, 0.25) is 5.02 Å². The highest BCUT2D eigenvalue weighted by atomic mass is 35.5. The van der Waals surface area contributed by atoms with Gasteiger partial charge in [-0.05, 0) is 37.5 Å². The van der Waals surface area contributed by atoms with Crippen LogP contribution in [0.1, 0.15) is 30.7 Å². The van der Waals surface area contributed by atoms with Crippen molar-refractivity contribution in [1.29, 1.82) is 0 Å². The normalized spacial score (nSPS) is 13.9. The molecular weight excluding hydrogens is 399 g/mol. The Morgan fingerprint density at radius 2 is 2.07 bits per heavy atom. The molecule has 1 aliphatic rings. The molecule has 11 heteroatoms. The van der Waals surface area contributed by atoms with E-state index in [1.54, 1.807) is 4.57 Å². The predicted molar refractivity (Wildman–Crippen MR) is 97.5 cm³/mol. The molecule has 0 bridgehead atoms. The summed E-state index contributed by atoms with van der Waals surface area (Å²) in [5, 5.41) is 8.73. The molecule has 28 heavy (non-hydrogen) atoms. The number of alkyl halides is 3. The van der Waals surface area contributed by atoms with Gasteiger partial charge in [-0.2, -0.15) is 18.3 Å². The molecule has 0 saturated heterocycles. The van der Waals surface area contributed by atoms with Crippen LogP contribution in [0, 0.1) is 0 Å². The SMILES string of the molecule is O=C(NCCCn1nc2n(c1=O)CCCC2)Nc1ccc(Cl)c(C(F)(F)F)c1. The molecule has 1 aromatic heterocycles. The molecule has 0 saturated carbocycles. The van der Waals surface area contributed by atoms with Crippen LogP contribution in [-0.4, -0.2) is 26.9 Å². The molecule has 152 valence electrons. The second-order valence-electron chi connectivity index (χ2n) is 6.46. The fourth-order valence-electron chi connectivity index (χ4n) is 3.02. The maximum Gasteiger partial charge on any atom is 0.417 e. The van der Waals surface area contributed by atoms with Crippen molar-refractivity contribution in [2.45, 2.75) is 44.9 Å². The molecule has 2 amide bonds. The van der Waals surface area contributed by atoms with E-state index in [2.05, 4.69) is 15.7 Å². The highest BCUT2D eigenvalue weighted by molar-refractivity contribution is 6.31. The van der Waals surface area contributed by atoms with Crippen LogP contribution in [0.4, 0.5) is 23.7 Å². The predicted octanol–water partition coefficient (Wildman–Crippen LogP) is 3.27. The van der Waals surface area contributed by atoms with E-state index in [4.69, 9.17) is 11.6 Å². The molecule has 1 aromatic carbocycles.